The number of allylic oxidation sites excluding steroid dienone is 3. The Morgan fingerprint density at radius 2 is 1.89 bits per heavy atom. The molecule has 1 aliphatic heterocycles. The van der Waals surface area contributed by atoms with E-state index in [9.17, 15) is 10.1 Å². The quantitative estimate of drug-likeness (QED) is 0.890. The zero-order valence-electron chi connectivity index (χ0n) is 15.6. The van der Waals surface area contributed by atoms with Crippen molar-refractivity contribution in [1.82, 2.24) is 10.0 Å². The van der Waals surface area contributed by atoms with Crippen molar-refractivity contribution in [2.75, 3.05) is 14.1 Å². The molecule has 0 amide bonds. The molecule has 0 spiro atoms. The van der Waals surface area contributed by atoms with E-state index in [-0.39, 0.29) is 5.78 Å². The second kappa shape index (κ2) is 6.57. The summed E-state index contributed by atoms with van der Waals surface area (Å²) >= 11 is 0. The van der Waals surface area contributed by atoms with Crippen LogP contribution in [0.4, 0.5) is 0 Å². The predicted octanol–water partition coefficient (Wildman–Crippen LogP) is 3.42. The Morgan fingerprint density at radius 3 is 2.63 bits per heavy atom. The highest BCUT2D eigenvalue weighted by Crippen LogP contribution is 2.46. The Kier molecular flexibility index (Phi) is 4.21. The van der Waals surface area contributed by atoms with Crippen LogP contribution in [0.2, 0.25) is 0 Å². The monoisotopic (exact) mass is 358 g/mol. The first-order valence-corrected chi connectivity index (χ1v) is 9.15. The molecular formula is C22H22N4O. The summed E-state index contributed by atoms with van der Waals surface area (Å²) in [6, 6.07) is 16.4. The molecule has 0 radical (unpaired) electrons. The SMILES string of the molecule is CN(C)N1C(N)=C(C#N)[C@@H](c2cccc3ccccc23)C2=C1CCCC2=O. The molecule has 27 heavy (non-hydrogen) atoms. The van der Waals surface area contributed by atoms with Crippen molar-refractivity contribution in [3.63, 3.8) is 0 Å². The summed E-state index contributed by atoms with van der Waals surface area (Å²) in [6.45, 7) is 0. The fourth-order valence-electron chi connectivity index (χ4n) is 4.34. The van der Waals surface area contributed by atoms with Crippen LogP contribution in [0.5, 0.6) is 0 Å². The molecule has 2 N–H and O–H groups in total. The maximum atomic E-state index is 13.0. The van der Waals surface area contributed by atoms with Crippen LogP contribution in [0.1, 0.15) is 30.7 Å². The number of nitriles is 1. The Balaban J connectivity index is 2.04. The van der Waals surface area contributed by atoms with Gasteiger partial charge in [-0.3, -0.25) is 9.80 Å². The highest BCUT2D eigenvalue weighted by atomic mass is 16.1. The van der Waals surface area contributed by atoms with Gasteiger partial charge >= 0.3 is 0 Å². The maximum Gasteiger partial charge on any atom is 0.161 e. The van der Waals surface area contributed by atoms with E-state index < -0.39 is 5.92 Å². The minimum absolute atomic E-state index is 0.112. The lowest BCUT2D eigenvalue weighted by atomic mass is 9.75. The molecule has 5 nitrogen and oxygen atoms in total. The lowest BCUT2D eigenvalue weighted by Gasteiger charge is -2.42. The Morgan fingerprint density at radius 1 is 1.15 bits per heavy atom. The third-order valence-corrected chi connectivity index (χ3v) is 5.42. The van der Waals surface area contributed by atoms with Crippen LogP contribution in [0, 0.1) is 11.3 Å². The molecule has 0 bridgehead atoms. The highest BCUT2D eigenvalue weighted by molar-refractivity contribution is 6.01. The summed E-state index contributed by atoms with van der Waals surface area (Å²) < 4.78 is 0. The van der Waals surface area contributed by atoms with E-state index in [2.05, 4.69) is 6.07 Å². The third-order valence-electron chi connectivity index (χ3n) is 5.42. The van der Waals surface area contributed by atoms with Crippen molar-refractivity contribution < 1.29 is 4.79 Å². The molecule has 0 fully saturated rings. The van der Waals surface area contributed by atoms with E-state index in [4.69, 9.17) is 5.73 Å². The van der Waals surface area contributed by atoms with Gasteiger partial charge in [0.1, 0.15) is 5.82 Å². The van der Waals surface area contributed by atoms with E-state index in [0.717, 1.165) is 40.4 Å². The van der Waals surface area contributed by atoms with Crippen LogP contribution in [-0.2, 0) is 4.79 Å². The number of benzene rings is 2. The molecule has 1 aliphatic carbocycles. The van der Waals surface area contributed by atoms with Crippen molar-refractivity contribution in [3.8, 4) is 6.07 Å². The molecule has 1 atom stereocenters. The molecular weight excluding hydrogens is 336 g/mol. The molecule has 2 aromatic rings. The van der Waals surface area contributed by atoms with Gasteiger partial charge in [0.05, 0.1) is 17.6 Å². The minimum Gasteiger partial charge on any atom is -0.383 e. The summed E-state index contributed by atoms with van der Waals surface area (Å²) in [6.07, 6.45) is 2.10. The summed E-state index contributed by atoms with van der Waals surface area (Å²) in [5, 5.41) is 15.8. The van der Waals surface area contributed by atoms with Crippen molar-refractivity contribution >= 4 is 16.6 Å². The molecule has 5 heteroatoms. The predicted molar refractivity (Wildman–Crippen MR) is 105 cm³/mol. The van der Waals surface area contributed by atoms with Crippen molar-refractivity contribution in [2.24, 2.45) is 5.73 Å². The van der Waals surface area contributed by atoms with E-state index >= 15 is 0 Å². The topological polar surface area (TPSA) is 73.4 Å². The van der Waals surface area contributed by atoms with Gasteiger partial charge < -0.3 is 5.73 Å². The van der Waals surface area contributed by atoms with Crippen molar-refractivity contribution in [3.05, 3.63) is 70.7 Å². The molecule has 4 rings (SSSR count). The van der Waals surface area contributed by atoms with E-state index in [1.807, 2.05) is 66.6 Å². The number of hydrogen-bond acceptors (Lipinski definition) is 5. The number of nitrogens with two attached hydrogens (primary N) is 1. The normalized spacial score (nSPS) is 20.3. The van der Waals surface area contributed by atoms with E-state index in [1.165, 1.54) is 0 Å². The first-order valence-electron chi connectivity index (χ1n) is 9.15. The molecule has 2 aliphatic rings. The van der Waals surface area contributed by atoms with Gasteiger partial charge in [0, 0.05) is 31.8 Å². The number of hydrogen-bond donors (Lipinski definition) is 1. The van der Waals surface area contributed by atoms with Crippen LogP contribution in [-0.4, -0.2) is 29.9 Å². The average Bonchev–Trinajstić information content (AvgIpc) is 2.66. The van der Waals surface area contributed by atoms with E-state index in [0.29, 0.717) is 17.8 Å². The van der Waals surface area contributed by atoms with Crippen molar-refractivity contribution in [1.29, 1.82) is 5.26 Å². The maximum absolute atomic E-state index is 13.0. The number of carbonyl (C=O) groups is 1. The van der Waals surface area contributed by atoms with Crippen LogP contribution >= 0.6 is 0 Å². The molecule has 2 aromatic carbocycles. The van der Waals surface area contributed by atoms with Crippen molar-refractivity contribution in [2.45, 2.75) is 25.2 Å². The average molecular weight is 358 g/mol. The number of hydrazine groups is 1. The van der Waals surface area contributed by atoms with E-state index in [1.54, 1.807) is 0 Å². The lowest BCUT2D eigenvalue weighted by molar-refractivity contribution is -0.116. The smallest absolute Gasteiger partial charge is 0.161 e. The van der Waals surface area contributed by atoms with Gasteiger partial charge in [-0.05, 0) is 29.2 Å². The second-order valence-corrected chi connectivity index (χ2v) is 7.21. The lowest BCUT2D eigenvalue weighted by Crippen LogP contribution is -2.45. The second-order valence-electron chi connectivity index (χ2n) is 7.21. The molecule has 136 valence electrons. The van der Waals surface area contributed by atoms with Gasteiger partial charge in [0.25, 0.3) is 0 Å². The Bertz CT molecular complexity index is 1040. The Labute approximate surface area is 158 Å². The zero-order chi connectivity index (χ0) is 19.1. The highest BCUT2D eigenvalue weighted by Gasteiger charge is 2.40. The first kappa shape index (κ1) is 17.3. The fourth-order valence-corrected chi connectivity index (χ4v) is 4.34. The summed E-state index contributed by atoms with van der Waals surface area (Å²) in [5.74, 6) is 0.107. The van der Waals surface area contributed by atoms with Crippen LogP contribution in [0.25, 0.3) is 10.8 Å². The third kappa shape index (κ3) is 2.61. The number of fused-ring (bicyclic) bond motifs is 1. The minimum atomic E-state index is -0.417. The molecule has 0 saturated carbocycles. The van der Waals surface area contributed by atoms with Crippen LogP contribution in [0.3, 0.4) is 0 Å². The van der Waals surface area contributed by atoms with Gasteiger partial charge in [-0.15, -0.1) is 0 Å². The molecule has 0 unspecified atom stereocenters. The Hall–Kier alpha value is -3.10. The zero-order valence-corrected chi connectivity index (χ0v) is 15.6. The fraction of sp³-hybridized carbons (Fsp3) is 0.273. The van der Waals surface area contributed by atoms with Gasteiger partial charge in [0.15, 0.2) is 5.78 Å². The summed E-state index contributed by atoms with van der Waals surface area (Å²) in [4.78, 5) is 13.0. The molecule has 0 saturated heterocycles. The van der Waals surface area contributed by atoms with Gasteiger partial charge in [-0.1, -0.05) is 42.5 Å². The standard InChI is InChI=1S/C22H22N4O/c1-25(2)26-18-11-6-12-19(27)21(18)20(17(13-23)22(26)24)16-10-5-8-14-7-3-4-9-15(14)16/h3-5,7-10,20H,6,11-12,24H2,1-2H3/t20-/m1/s1. The van der Waals surface area contributed by atoms with Gasteiger partial charge in [-0.25, -0.2) is 5.01 Å². The number of Topliss-reactive ketones (excluding diaryl/α,β-unsaturated/α-hetero) is 1. The largest absolute Gasteiger partial charge is 0.383 e. The number of rotatable bonds is 2. The summed E-state index contributed by atoms with van der Waals surface area (Å²) in [5.41, 5.74) is 9.50. The number of nitrogens with zero attached hydrogens (tertiary/aromatic N) is 3. The summed E-state index contributed by atoms with van der Waals surface area (Å²) in [7, 11) is 3.76. The van der Waals surface area contributed by atoms with Crippen LogP contribution < -0.4 is 5.73 Å². The number of ketones is 1. The van der Waals surface area contributed by atoms with Gasteiger partial charge in [0.2, 0.25) is 0 Å². The van der Waals surface area contributed by atoms with Crippen LogP contribution in [0.15, 0.2) is 65.1 Å². The molecule has 0 aromatic heterocycles. The molecule has 1 heterocycles. The van der Waals surface area contributed by atoms with Gasteiger partial charge in [-0.2, -0.15) is 5.26 Å². The number of carbonyl (C=O) groups excluding carboxylic acids is 1. The first-order chi connectivity index (χ1) is 13.0.